The zero-order chi connectivity index (χ0) is 14.4. The van der Waals surface area contributed by atoms with Crippen LogP contribution >= 0.6 is 0 Å². The molecule has 1 unspecified atom stereocenters. The maximum absolute atomic E-state index is 5.97. The first kappa shape index (κ1) is 14.4. The number of hydrogen-bond donors (Lipinski definition) is 2. The summed E-state index contributed by atoms with van der Waals surface area (Å²) in [6.07, 6.45) is 0.905. The molecule has 0 saturated heterocycles. The lowest BCUT2D eigenvalue weighted by atomic mass is 10.0. The second kappa shape index (κ2) is 6.96. The van der Waals surface area contributed by atoms with Crippen molar-refractivity contribution in [1.29, 1.82) is 0 Å². The maximum Gasteiger partial charge on any atom is 0.0667 e. The molecule has 0 bridgehead atoms. The maximum atomic E-state index is 5.97. The summed E-state index contributed by atoms with van der Waals surface area (Å²) in [6, 6.07) is 16.6. The van der Waals surface area contributed by atoms with Gasteiger partial charge in [-0.1, -0.05) is 42.0 Å². The minimum absolute atomic E-state index is 0.201. The molecule has 3 nitrogen and oxygen atoms in total. The van der Waals surface area contributed by atoms with Crippen molar-refractivity contribution in [3.63, 3.8) is 0 Å². The van der Waals surface area contributed by atoms with E-state index in [0.717, 1.165) is 17.8 Å². The fourth-order valence-electron chi connectivity index (χ4n) is 2.21. The number of ether oxygens (including phenoxy) is 1. The minimum atomic E-state index is 0.201. The van der Waals surface area contributed by atoms with Gasteiger partial charge in [-0.05, 0) is 31.0 Å². The normalized spacial score (nSPS) is 12.1. The predicted molar refractivity (Wildman–Crippen MR) is 85.0 cm³/mol. The molecule has 0 fully saturated rings. The van der Waals surface area contributed by atoms with Crippen LogP contribution < -0.4 is 11.1 Å². The second-order valence-electron chi connectivity index (χ2n) is 5.07. The summed E-state index contributed by atoms with van der Waals surface area (Å²) < 4.78 is 5.31. The molecule has 2 aromatic carbocycles. The number of nitrogens with two attached hydrogens (primary N) is 1. The van der Waals surface area contributed by atoms with E-state index in [-0.39, 0.29) is 6.04 Å². The van der Waals surface area contributed by atoms with E-state index in [1.807, 2.05) is 24.3 Å². The number of hydrogen-bond acceptors (Lipinski definition) is 3. The van der Waals surface area contributed by atoms with Crippen molar-refractivity contribution in [3.05, 3.63) is 59.7 Å². The van der Waals surface area contributed by atoms with E-state index in [1.165, 1.54) is 11.1 Å². The second-order valence-corrected chi connectivity index (χ2v) is 5.07. The molecule has 0 aliphatic rings. The number of nitrogen functional groups attached to an aromatic ring is 1. The van der Waals surface area contributed by atoms with E-state index in [1.54, 1.807) is 7.11 Å². The van der Waals surface area contributed by atoms with Crippen LogP contribution in [0.15, 0.2) is 48.5 Å². The highest BCUT2D eigenvalue weighted by molar-refractivity contribution is 5.66. The molecule has 0 radical (unpaired) electrons. The van der Waals surface area contributed by atoms with Crippen LogP contribution in [0.3, 0.4) is 0 Å². The summed E-state index contributed by atoms with van der Waals surface area (Å²) in [6.45, 7) is 2.74. The van der Waals surface area contributed by atoms with E-state index in [0.29, 0.717) is 6.61 Å². The summed E-state index contributed by atoms with van der Waals surface area (Å²) in [4.78, 5) is 0. The first-order valence-corrected chi connectivity index (χ1v) is 6.84. The molecule has 0 spiro atoms. The van der Waals surface area contributed by atoms with Crippen LogP contribution in [-0.2, 0) is 11.2 Å². The van der Waals surface area contributed by atoms with Gasteiger partial charge in [0.05, 0.1) is 24.0 Å². The molecule has 20 heavy (non-hydrogen) atoms. The molecule has 0 aromatic heterocycles. The monoisotopic (exact) mass is 270 g/mol. The number of anilines is 2. The van der Waals surface area contributed by atoms with Crippen molar-refractivity contribution in [2.24, 2.45) is 0 Å². The molecule has 3 N–H and O–H groups in total. The number of methoxy groups -OCH3 is 1. The fourth-order valence-corrected chi connectivity index (χ4v) is 2.21. The van der Waals surface area contributed by atoms with Crippen molar-refractivity contribution < 1.29 is 4.74 Å². The Hall–Kier alpha value is -2.00. The number of rotatable bonds is 6. The van der Waals surface area contributed by atoms with Gasteiger partial charge in [-0.15, -0.1) is 0 Å². The SMILES string of the molecule is COCC(Cc1ccc(C)cc1)Nc1ccccc1N. The lowest BCUT2D eigenvalue weighted by molar-refractivity contribution is 0.185. The largest absolute Gasteiger partial charge is 0.397 e. The van der Waals surface area contributed by atoms with Crippen LogP contribution in [0.25, 0.3) is 0 Å². The molecule has 0 aliphatic carbocycles. The predicted octanol–water partition coefficient (Wildman–Crippen LogP) is 3.25. The Labute approximate surface area is 120 Å². The molecule has 2 aromatic rings. The standard InChI is InChI=1S/C17H22N2O/c1-13-7-9-14(10-8-13)11-15(12-20-2)19-17-6-4-3-5-16(17)18/h3-10,15,19H,11-12,18H2,1-2H3. The smallest absolute Gasteiger partial charge is 0.0667 e. The first-order valence-electron chi connectivity index (χ1n) is 6.84. The number of aryl methyl sites for hydroxylation is 1. The van der Waals surface area contributed by atoms with Gasteiger partial charge in [0.15, 0.2) is 0 Å². The van der Waals surface area contributed by atoms with Crippen molar-refractivity contribution >= 4 is 11.4 Å². The van der Waals surface area contributed by atoms with Crippen LogP contribution in [-0.4, -0.2) is 19.8 Å². The summed E-state index contributed by atoms with van der Waals surface area (Å²) in [7, 11) is 1.72. The van der Waals surface area contributed by atoms with Gasteiger partial charge >= 0.3 is 0 Å². The van der Waals surface area contributed by atoms with Gasteiger partial charge in [-0.3, -0.25) is 0 Å². The summed E-state index contributed by atoms with van der Waals surface area (Å²) >= 11 is 0. The van der Waals surface area contributed by atoms with E-state index >= 15 is 0 Å². The van der Waals surface area contributed by atoms with Gasteiger partial charge in [0.2, 0.25) is 0 Å². The Morgan fingerprint density at radius 1 is 1.10 bits per heavy atom. The number of nitrogens with one attached hydrogen (secondary N) is 1. The van der Waals surface area contributed by atoms with E-state index in [4.69, 9.17) is 10.5 Å². The quantitative estimate of drug-likeness (QED) is 0.792. The average molecular weight is 270 g/mol. The lowest BCUT2D eigenvalue weighted by Crippen LogP contribution is -2.27. The highest BCUT2D eigenvalue weighted by Crippen LogP contribution is 2.19. The Morgan fingerprint density at radius 3 is 2.45 bits per heavy atom. The van der Waals surface area contributed by atoms with Crippen molar-refractivity contribution in [3.8, 4) is 0 Å². The van der Waals surface area contributed by atoms with Crippen LogP contribution in [0.2, 0.25) is 0 Å². The average Bonchev–Trinajstić information content (AvgIpc) is 2.44. The van der Waals surface area contributed by atoms with Gasteiger partial charge < -0.3 is 15.8 Å². The van der Waals surface area contributed by atoms with E-state index < -0.39 is 0 Å². The van der Waals surface area contributed by atoms with Crippen molar-refractivity contribution in [1.82, 2.24) is 0 Å². The van der Waals surface area contributed by atoms with Crippen molar-refractivity contribution in [2.45, 2.75) is 19.4 Å². The van der Waals surface area contributed by atoms with Gasteiger partial charge in [-0.2, -0.15) is 0 Å². The summed E-state index contributed by atoms with van der Waals surface area (Å²) in [5, 5.41) is 3.46. The number of para-hydroxylation sites is 2. The Morgan fingerprint density at radius 2 is 1.80 bits per heavy atom. The number of benzene rings is 2. The lowest BCUT2D eigenvalue weighted by Gasteiger charge is -2.20. The first-order chi connectivity index (χ1) is 9.69. The third kappa shape index (κ3) is 4.00. The summed E-state index contributed by atoms with van der Waals surface area (Å²) in [5.41, 5.74) is 10.3. The van der Waals surface area contributed by atoms with Crippen LogP contribution in [0.1, 0.15) is 11.1 Å². The Balaban J connectivity index is 2.07. The molecule has 106 valence electrons. The van der Waals surface area contributed by atoms with Gasteiger partial charge in [-0.25, -0.2) is 0 Å². The minimum Gasteiger partial charge on any atom is -0.397 e. The zero-order valence-electron chi connectivity index (χ0n) is 12.1. The van der Waals surface area contributed by atoms with Crippen LogP contribution in [0.4, 0.5) is 11.4 Å². The van der Waals surface area contributed by atoms with Crippen molar-refractivity contribution in [2.75, 3.05) is 24.8 Å². The topological polar surface area (TPSA) is 47.3 Å². The highest BCUT2D eigenvalue weighted by atomic mass is 16.5. The van der Waals surface area contributed by atoms with Gasteiger partial charge in [0.1, 0.15) is 0 Å². The molecule has 3 heteroatoms. The van der Waals surface area contributed by atoms with Gasteiger partial charge in [0, 0.05) is 7.11 Å². The van der Waals surface area contributed by atoms with Crippen LogP contribution in [0, 0.1) is 6.92 Å². The Bertz CT molecular complexity index is 537. The molecule has 0 heterocycles. The van der Waals surface area contributed by atoms with E-state index in [9.17, 15) is 0 Å². The molecular formula is C17H22N2O. The molecule has 0 aliphatic heterocycles. The van der Waals surface area contributed by atoms with Crippen LogP contribution in [0.5, 0.6) is 0 Å². The fraction of sp³-hybridized carbons (Fsp3) is 0.294. The zero-order valence-corrected chi connectivity index (χ0v) is 12.1. The highest BCUT2D eigenvalue weighted by Gasteiger charge is 2.10. The molecule has 1 atom stereocenters. The molecule has 2 rings (SSSR count). The van der Waals surface area contributed by atoms with Gasteiger partial charge in [0.25, 0.3) is 0 Å². The molecule has 0 saturated carbocycles. The summed E-state index contributed by atoms with van der Waals surface area (Å²) in [5.74, 6) is 0. The van der Waals surface area contributed by atoms with E-state index in [2.05, 4.69) is 36.5 Å². The third-order valence-electron chi connectivity index (χ3n) is 3.29. The third-order valence-corrected chi connectivity index (χ3v) is 3.29. The Kier molecular flexibility index (Phi) is 5.02. The molecule has 0 amide bonds. The molecular weight excluding hydrogens is 248 g/mol.